The van der Waals surface area contributed by atoms with Gasteiger partial charge < -0.3 is 4.74 Å². The molecule has 0 aromatic rings. The van der Waals surface area contributed by atoms with Crippen molar-refractivity contribution in [3.63, 3.8) is 0 Å². The van der Waals surface area contributed by atoms with Crippen molar-refractivity contribution in [1.82, 2.24) is 0 Å². The van der Waals surface area contributed by atoms with Gasteiger partial charge in [0.15, 0.2) is 0 Å². The second-order valence-corrected chi connectivity index (χ2v) is 4.80. The van der Waals surface area contributed by atoms with Crippen molar-refractivity contribution in [2.24, 2.45) is 0 Å². The van der Waals surface area contributed by atoms with Gasteiger partial charge in [0.25, 0.3) is 0 Å². The molecule has 3 heteroatoms. The van der Waals surface area contributed by atoms with Gasteiger partial charge in [0.2, 0.25) is 0 Å². The maximum Gasteiger partial charge on any atom is 0.319 e. The standard InChI is InChI=1S/C9H14O2S/c10-9(11-7-4-5-7)8-3-1-2-6-12-8/h7-8H,1-6H2. The lowest BCUT2D eigenvalue weighted by molar-refractivity contribution is -0.144. The van der Waals surface area contributed by atoms with Crippen LogP contribution in [0.5, 0.6) is 0 Å². The second-order valence-electron chi connectivity index (χ2n) is 3.49. The van der Waals surface area contributed by atoms with Crippen LogP contribution >= 0.6 is 11.8 Å². The van der Waals surface area contributed by atoms with Crippen molar-refractivity contribution in [3.8, 4) is 0 Å². The molecule has 1 heterocycles. The molecule has 2 fully saturated rings. The molecule has 1 atom stereocenters. The molecule has 2 aliphatic rings. The van der Waals surface area contributed by atoms with E-state index >= 15 is 0 Å². The predicted molar refractivity (Wildman–Crippen MR) is 49.2 cm³/mol. The molecule has 0 radical (unpaired) electrons. The van der Waals surface area contributed by atoms with Crippen molar-refractivity contribution in [1.29, 1.82) is 0 Å². The van der Waals surface area contributed by atoms with Gasteiger partial charge in [-0.15, -0.1) is 11.8 Å². The van der Waals surface area contributed by atoms with E-state index < -0.39 is 0 Å². The smallest absolute Gasteiger partial charge is 0.319 e. The first-order chi connectivity index (χ1) is 5.86. The van der Waals surface area contributed by atoms with Gasteiger partial charge in [-0.05, 0) is 31.4 Å². The number of carbonyl (C=O) groups excluding carboxylic acids is 1. The van der Waals surface area contributed by atoms with Crippen LogP contribution in [0.3, 0.4) is 0 Å². The van der Waals surface area contributed by atoms with Crippen LogP contribution in [0.4, 0.5) is 0 Å². The van der Waals surface area contributed by atoms with Crippen LogP contribution in [0.2, 0.25) is 0 Å². The fraction of sp³-hybridized carbons (Fsp3) is 0.889. The molecule has 0 amide bonds. The van der Waals surface area contributed by atoms with Gasteiger partial charge in [-0.2, -0.15) is 0 Å². The van der Waals surface area contributed by atoms with Crippen molar-refractivity contribution >= 4 is 17.7 Å². The lowest BCUT2D eigenvalue weighted by Crippen LogP contribution is -2.23. The van der Waals surface area contributed by atoms with Crippen LogP contribution < -0.4 is 0 Å². The van der Waals surface area contributed by atoms with Crippen LogP contribution in [-0.2, 0) is 9.53 Å². The Morgan fingerprint density at radius 1 is 1.25 bits per heavy atom. The normalized spacial score (nSPS) is 29.8. The molecule has 0 aromatic heterocycles. The summed E-state index contributed by atoms with van der Waals surface area (Å²) >= 11 is 1.77. The zero-order valence-corrected chi connectivity index (χ0v) is 7.94. The summed E-state index contributed by atoms with van der Waals surface area (Å²) in [5.74, 6) is 1.17. The Labute approximate surface area is 77.0 Å². The van der Waals surface area contributed by atoms with E-state index in [1.807, 2.05) is 0 Å². The minimum Gasteiger partial charge on any atom is -0.462 e. The van der Waals surface area contributed by atoms with Crippen molar-refractivity contribution < 1.29 is 9.53 Å². The zero-order valence-electron chi connectivity index (χ0n) is 7.12. The average Bonchev–Trinajstić information content (AvgIpc) is 2.90. The predicted octanol–water partition coefficient (Wildman–Crippen LogP) is 1.98. The minimum atomic E-state index is 0.0437. The number of thioether (sulfide) groups is 1. The molecule has 2 rings (SSSR count). The Kier molecular flexibility index (Phi) is 2.59. The molecule has 1 aliphatic heterocycles. The molecular formula is C9H14O2S. The summed E-state index contributed by atoms with van der Waals surface area (Å²) < 4.78 is 5.24. The highest BCUT2D eigenvalue weighted by Crippen LogP contribution is 2.30. The Morgan fingerprint density at radius 2 is 2.08 bits per heavy atom. The van der Waals surface area contributed by atoms with Crippen LogP contribution in [0, 0.1) is 0 Å². The summed E-state index contributed by atoms with van der Waals surface area (Å²) in [5.41, 5.74) is 0. The number of rotatable bonds is 2. The van der Waals surface area contributed by atoms with Crippen LogP contribution in [0.1, 0.15) is 32.1 Å². The minimum absolute atomic E-state index is 0.0437. The Morgan fingerprint density at radius 3 is 2.67 bits per heavy atom. The quantitative estimate of drug-likeness (QED) is 0.617. The first kappa shape index (κ1) is 8.42. The number of hydrogen-bond donors (Lipinski definition) is 0. The third kappa shape index (κ3) is 2.16. The van der Waals surface area contributed by atoms with Gasteiger partial charge in [0, 0.05) is 0 Å². The van der Waals surface area contributed by atoms with Gasteiger partial charge in [0.05, 0.1) is 0 Å². The molecule has 0 bridgehead atoms. The summed E-state index contributed by atoms with van der Waals surface area (Å²) in [6.07, 6.45) is 5.93. The van der Waals surface area contributed by atoms with Gasteiger partial charge in [-0.3, -0.25) is 4.79 Å². The third-order valence-electron chi connectivity index (χ3n) is 2.25. The highest BCUT2D eigenvalue weighted by molar-refractivity contribution is 8.00. The maximum absolute atomic E-state index is 11.4. The average molecular weight is 186 g/mol. The van der Waals surface area contributed by atoms with E-state index in [1.165, 1.54) is 12.8 Å². The van der Waals surface area contributed by atoms with Gasteiger partial charge in [-0.1, -0.05) is 6.42 Å². The third-order valence-corrected chi connectivity index (χ3v) is 3.60. The summed E-state index contributed by atoms with van der Waals surface area (Å²) in [7, 11) is 0. The second kappa shape index (κ2) is 3.69. The fourth-order valence-corrected chi connectivity index (χ4v) is 2.53. The molecule has 1 saturated heterocycles. The van der Waals surface area contributed by atoms with Crippen LogP contribution in [0.15, 0.2) is 0 Å². The number of esters is 1. The summed E-state index contributed by atoms with van der Waals surface area (Å²) in [5, 5.41) is 0.152. The van der Waals surface area contributed by atoms with E-state index in [9.17, 15) is 4.79 Å². The first-order valence-corrected chi connectivity index (χ1v) is 5.73. The Bertz CT molecular complexity index is 171. The topological polar surface area (TPSA) is 26.3 Å². The summed E-state index contributed by atoms with van der Waals surface area (Å²) in [6.45, 7) is 0. The summed E-state index contributed by atoms with van der Waals surface area (Å²) in [4.78, 5) is 11.4. The molecule has 68 valence electrons. The number of ether oxygens (including phenoxy) is 1. The van der Waals surface area contributed by atoms with E-state index in [-0.39, 0.29) is 17.3 Å². The molecular weight excluding hydrogens is 172 g/mol. The van der Waals surface area contributed by atoms with E-state index in [4.69, 9.17) is 4.74 Å². The lowest BCUT2D eigenvalue weighted by atomic mass is 10.2. The monoisotopic (exact) mass is 186 g/mol. The van der Waals surface area contributed by atoms with Crippen molar-refractivity contribution in [3.05, 3.63) is 0 Å². The highest BCUT2D eigenvalue weighted by Gasteiger charge is 2.30. The van der Waals surface area contributed by atoms with Crippen LogP contribution in [-0.4, -0.2) is 23.1 Å². The lowest BCUT2D eigenvalue weighted by Gasteiger charge is -2.19. The maximum atomic E-state index is 11.4. The molecule has 1 aliphatic carbocycles. The molecule has 0 aromatic carbocycles. The SMILES string of the molecule is O=C(OC1CC1)C1CCCCS1. The van der Waals surface area contributed by atoms with E-state index in [1.54, 1.807) is 11.8 Å². The van der Waals surface area contributed by atoms with E-state index in [2.05, 4.69) is 0 Å². The van der Waals surface area contributed by atoms with Crippen molar-refractivity contribution in [2.75, 3.05) is 5.75 Å². The Balaban J connectivity index is 1.76. The van der Waals surface area contributed by atoms with Gasteiger partial charge in [-0.25, -0.2) is 0 Å². The Hall–Kier alpha value is -0.180. The van der Waals surface area contributed by atoms with Gasteiger partial charge in [0.1, 0.15) is 11.4 Å². The zero-order chi connectivity index (χ0) is 8.39. The molecule has 2 nitrogen and oxygen atoms in total. The molecule has 0 N–H and O–H groups in total. The van der Waals surface area contributed by atoms with E-state index in [0.717, 1.165) is 25.0 Å². The number of carbonyl (C=O) groups is 1. The van der Waals surface area contributed by atoms with E-state index in [0.29, 0.717) is 0 Å². The fourth-order valence-electron chi connectivity index (χ4n) is 1.35. The summed E-state index contributed by atoms with van der Waals surface area (Å²) in [6, 6.07) is 0. The number of hydrogen-bond acceptors (Lipinski definition) is 3. The highest BCUT2D eigenvalue weighted by atomic mass is 32.2. The molecule has 1 saturated carbocycles. The molecule has 12 heavy (non-hydrogen) atoms. The first-order valence-electron chi connectivity index (χ1n) is 4.68. The molecule has 0 spiro atoms. The van der Waals surface area contributed by atoms with Gasteiger partial charge >= 0.3 is 5.97 Å². The van der Waals surface area contributed by atoms with Crippen molar-refractivity contribution in [2.45, 2.75) is 43.5 Å². The van der Waals surface area contributed by atoms with Crippen LogP contribution in [0.25, 0.3) is 0 Å². The molecule has 1 unspecified atom stereocenters. The largest absolute Gasteiger partial charge is 0.462 e.